The Bertz CT molecular complexity index is 898. The molecular weight excluding hydrogens is 308 g/mol. The predicted octanol–water partition coefficient (Wildman–Crippen LogP) is 3.26. The molecule has 3 aromatic rings. The lowest BCUT2D eigenvalue weighted by Crippen LogP contribution is -2.27. The minimum absolute atomic E-state index is 0.343. The van der Waals surface area contributed by atoms with Crippen molar-refractivity contribution in [2.24, 2.45) is 0 Å². The number of ether oxygens (including phenoxy) is 1. The van der Waals surface area contributed by atoms with Gasteiger partial charge in [0, 0.05) is 17.5 Å². The van der Waals surface area contributed by atoms with Crippen LogP contribution in [-0.2, 0) is 11.2 Å². The summed E-state index contributed by atoms with van der Waals surface area (Å²) in [5.74, 6) is -0.669. The number of hydrogen-bond acceptors (Lipinski definition) is 4. The molecule has 0 radical (unpaired) electrons. The standard InChI is InChI=1S/C19H16O5/c20-18-11-8-14-7-9-15(12-17(14)24-18)23-16(19(21)22)10-6-13-4-2-1-3-5-13/h1-5,7-9,11-12,16H,6,10H2,(H,21,22). The number of carbonyl (C=O) groups is 1. The van der Waals surface area contributed by atoms with Crippen LogP contribution in [0.2, 0.25) is 0 Å². The van der Waals surface area contributed by atoms with Crippen LogP contribution in [-0.4, -0.2) is 17.2 Å². The number of fused-ring (bicyclic) bond motifs is 1. The number of carboxylic acids is 1. The Balaban J connectivity index is 1.75. The van der Waals surface area contributed by atoms with E-state index in [1.54, 1.807) is 18.2 Å². The summed E-state index contributed by atoms with van der Waals surface area (Å²) in [6.07, 6.45) is -0.0329. The molecule has 0 amide bonds. The molecule has 0 fully saturated rings. The summed E-state index contributed by atoms with van der Waals surface area (Å²) in [5, 5.41) is 10.1. The molecule has 1 heterocycles. The summed E-state index contributed by atoms with van der Waals surface area (Å²) < 4.78 is 10.7. The fourth-order valence-corrected chi connectivity index (χ4v) is 2.45. The highest BCUT2D eigenvalue weighted by Crippen LogP contribution is 2.21. The van der Waals surface area contributed by atoms with Gasteiger partial charge < -0.3 is 14.3 Å². The normalized spacial score (nSPS) is 12.0. The lowest BCUT2D eigenvalue weighted by molar-refractivity contribution is -0.145. The van der Waals surface area contributed by atoms with E-state index in [9.17, 15) is 14.7 Å². The number of aliphatic carboxylic acids is 1. The van der Waals surface area contributed by atoms with Gasteiger partial charge in [0.2, 0.25) is 0 Å². The molecular formula is C19H16O5. The molecule has 0 aliphatic carbocycles. The Hall–Kier alpha value is -3.08. The molecule has 5 heteroatoms. The second-order valence-electron chi connectivity index (χ2n) is 5.42. The molecule has 0 bridgehead atoms. The molecule has 1 unspecified atom stereocenters. The van der Waals surface area contributed by atoms with Crippen LogP contribution >= 0.6 is 0 Å². The van der Waals surface area contributed by atoms with E-state index in [0.717, 1.165) is 10.9 Å². The van der Waals surface area contributed by atoms with Gasteiger partial charge in [-0.15, -0.1) is 0 Å². The molecule has 0 spiro atoms. The molecule has 0 saturated carbocycles. The fraction of sp³-hybridized carbons (Fsp3) is 0.158. The monoisotopic (exact) mass is 324 g/mol. The second-order valence-corrected chi connectivity index (χ2v) is 5.42. The van der Waals surface area contributed by atoms with Gasteiger partial charge in [-0.25, -0.2) is 9.59 Å². The van der Waals surface area contributed by atoms with Gasteiger partial charge in [-0.3, -0.25) is 0 Å². The first-order valence-corrected chi connectivity index (χ1v) is 7.59. The van der Waals surface area contributed by atoms with Gasteiger partial charge in [-0.05, 0) is 36.6 Å². The molecule has 24 heavy (non-hydrogen) atoms. The first-order valence-electron chi connectivity index (χ1n) is 7.59. The maximum atomic E-state index is 11.4. The maximum absolute atomic E-state index is 11.4. The van der Waals surface area contributed by atoms with Gasteiger partial charge in [0.25, 0.3) is 0 Å². The molecule has 0 aliphatic rings. The van der Waals surface area contributed by atoms with Crippen molar-refractivity contribution in [2.45, 2.75) is 18.9 Å². The van der Waals surface area contributed by atoms with Crippen LogP contribution in [0.3, 0.4) is 0 Å². The fourth-order valence-electron chi connectivity index (χ4n) is 2.45. The van der Waals surface area contributed by atoms with E-state index in [1.165, 1.54) is 12.1 Å². The minimum Gasteiger partial charge on any atom is -0.479 e. The third-order valence-electron chi connectivity index (χ3n) is 3.69. The SMILES string of the molecule is O=C(O)C(CCc1ccccc1)Oc1ccc2ccc(=O)oc2c1. The number of aryl methyl sites for hydroxylation is 1. The van der Waals surface area contributed by atoms with Crippen molar-refractivity contribution in [2.75, 3.05) is 0 Å². The van der Waals surface area contributed by atoms with E-state index < -0.39 is 17.7 Å². The van der Waals surface area contributed by atoms with Crippen molar-refractivity contribution in [3.63, 3.8) is 0 Å². The van der Waals surface area contributed by atoms with E-state index in [2.05, 4.69) is 0 Å². The second kappa shape index (κ2) is 7.00. The Morgan fingerprint density at radius 1 is 1.08 bits per heavy atom. The lowest BCUT2D eigenvalue weighted by Gasteiger charge is -2.15. The zero-order valence-electron chi connectivity index (χ0n) is 12.8. The average Bonchev–Trinajstić information content (AvgIpc) is 2.59. The first kappa shape index (κ1) is 15.8. The Morgan fingerprint density at radius 2 is 1.83 bits per heavy atom. The van der Waals surface area contributed by atoms with E-state index in [-0.39, 0.29) is 0 Å². The van der Waals surface area contributed by atoms with Crippen molar-refractivity contribution in [1.29, 1.82) is 0 Å². The van der Waals surface area contributed by atoms with Gasteiger partial charge in [-0.2, -0.15) is 0 Å². The zero-order valence-corrected chi connectivity index (χ0v) is 12.8. The predicted molar refractivity (Wildman–Crippen MR) is 89.3 cm³/mol. The Labute approximate surface area is 138 Å². The van der Waals surface area contributed by atoms with E-state index in [4.69, 9.17) is 9.15 Å². The summed E-state index contributed by atoms with van der Waals surface area (Å²) in [4.78, 5) is 22.7. The zero-order chi connectivity index (χ0) is 16.9. The third-order valence-corrected chi connectivity index (χ3v) is 3.69. The third kappa shape index (κ3) is 3.81. The van der Waals surface area contributed by atoms with E-state index >= 15 is 0 Å². The molecule has 5 nitrogen and oxygen atoms in total. The molecule has 0 saturated heterocycles. The Kier molecular flexibility index (Phi) is 4.61. The smallest absolute Gasteiger partial charge is 0.344 e. The molecule has 2 aromatic carbocycles. The molecule has 122 valence electrons. The van der Waals surface area contributed by atoms with Crippen LogP contribution in [0.4, 0.5) is 0 Å². The van der Waals surface area contributed by atoms with E-state index in [0.29, 0.717) is 24.2 Å². The first-order chi connectivity index (χ1) is 11.6. The molecule has 0 aliphatic heterocycles. The number of benzene rings is 2. The van der Waals surface area contributed by atoms with Crippen molar-refractivity contribution < 1.29 is 19.1 Å². The molecule has 1 atom stereocenters. The molecule has 1 N–H and O–H groups in total. The minimum atomic E-state index is -1.03. The number of hydrogen-bond donors (Lipinski definition) is 1. The van der Waals surface area contributed by atoms with E-state index in [1.807, 2.05) is 30.3 Å². The molecule has 3 rings (SSSR count). The van der Waals surface area contributed by atoms with Gasteiger partial charge in [-0.1, -0.05) is 30.3 Å². The molecule has 1 aromatic heterocycles. The maximum Gasteiger partial charge on any atom is 0.344 e. The van der Waals surface area contributed by atoms with Crippen LogP contribution in [0.1, 0.15) is 12.0 Å². The quantitative estimate of drug-likeness (QED) is 0.704. The summed E-state index contributed by atoms with van der Waals surface area (Å²) in [6, 6.07) is 17.6. The average molecular weight is 324 g/mol. The Morgan fingerprint density at radius 3 is 2.58 bits per heavy atom. The van der Waals surface area contributed by atoms with Gasteiger partial charge >= 0.3 is 11.6 Å². The number of rotatable bonds is 6. The van der Waals surface area contributed by atoms with Crippen LogP contribution < -0.4 is 10.4 Å². The van der Waals surface area contributed by atoms with Gasteiger partial charge in [0.15, 0.2) is 6.10 Å². The van der Waals surface area contributed by atoms with Crippen molar-refractivity contribution in [3.8, 4) is 5.75 Å². The van der Waals surface area contributed by atoms with Crippen LogP contribution in [0.5, 0.6) is 5.75 Å². The van der Waals surface area contributed by atoms with Gasteiger partial charge in [0.05, 0.1) is 0 Å². The van der Waals surface area contributed by atoms with Crippen molar-refractivity contribution in [3.05, 3.63) is 76.6 Å². The summed E-state index contributed by atoms with van der Waals surface area (Å²) in [6.45, 7) is 0. The van der Waals surface area contributed by atoms with Crippen LogP contribution in [0.15, 0.2) is 69.9 Å². The van der Waals surface area contributed by atoms with Crippen LogP contribution in [0.25, 0.3) is 11.0 Å². The van der Waals surface area contributed by atoms with Crippen molar-refractivity contribution >= 4 is 16.9 Å². The summed E-state index contributed by atoms with van der Waals surface area (Å²) in [7, 11) is 0. The van der Waals surface area contributed by atoms with Crippen LogP contribution in [0, 0.1) is 0 Å². The number of carboxylic acid groups (broad SMARTS) is 1. The highest BCUT2D eigenvalue weighted by molar-refractivity contribution is 5.78. The lowest BCUT2D eigenvalue weighted by atomic mass is 10.1. The highest BCUT2D eigenvalue weighted by atomic mass is 16.5. The topological polar surface area (TPSA) is 76.7 Å². The summed E-state index contributed by atoms with van der Waals surface area (Å²) in [5.41, 5.74) is 0.961. The highest BCUT2D eigenvalue weighted by Gasteiger charge is 2.19. The summed E-state index contributed by atoms with van der Waals surface area (Å²) >= 11 is 0. The van der Waals surface area contributed by atoms with Gasteiger partial charge in [0.1, 0.15) is 11.3 Å². The van der Waals surface area contributed by atoms with Crippen molar-refractivity contribution in [1.82, 2.24) is 0 Å². The largest absolute Gasteiger partial charge is 0.479 e.